The molecule has 156 valence electrons. The van der Waals surface area contributed by atoms with Gasteiger partial charge in [-0.15, -0.1) is 0 Å². The van der Waals surface area contributed by atoms with Crippen LogP contribution in [0.5, 0.6) is 0 Å². The number of alkyl halides is 2. The molecule has 2 bridgehead atoms. The molecule has 1 unspecified atom stereocenters. The van der Waals surface area contributed by atoms with Crippen molar-refractivity contribution in [1.82, 2.24) is 9.80 Å². The predicted molar refractivity (Wildman–Crippen MR) is 111 cm³/mol. The first-order valence-electron chi connectivity index (χ1n) is 10.9. The molecule has 0 spiro atoms. The van der Waals surface area contributed by atoms with Crippen molar-refractivity contribution in [2.24, 2.45) is 10.8 Å². The first kappa shape index (κ1) is 20.3. The second-order valence-corrected chi connectivity index (χ2v) is 11.1. The summed E-state index contributed by atoms with van der Waals surface area (Å²) in [6.45, 7) is 15.5. The maximum atomic E-state index is 13.2. The van der Waals surface area contributed by atoms with E-state index < -0.39 is 11.8 Å². The van der Waals surface area contributed by atoms with Gasteiger partial charge in [0.2, 0.25) is 6.43 Å². The van der Waals surface area contributed by atoms with Gasteiger partial charge in [-0.05, 0) is 62.5 Å². The Morgan fingerprint density at radius 3 is 2.29 bits per heavy atom. The number of benzene rings is 1. The van der Waals surface area contributed by atoms with Crippen molar-refractivity contribution in [3.63, 3.8) is 0 Å². The Bertz CT molecular complexity index is 702. The van der Waals surface area contributed by atoms with Crippen LogP contribution in [-0.2, 0) is 0 Å². The van der Waals surface area contributed by atoms with E-state index in [0.717, 1.165) is 45.4 Å². The topological polar surface area (TPSA) is 6.48 Å². The van der Waals surface area contributed by atoms with Crippen LogP contribution < -0.4 is 0 Å². The van der Waals surface area contributed by atoms with Gasteiger partial charge in [-0.2, -0.15) is 0 Å². The van der Waals surface area contributed by atoms with Crippen LogP contribution in [0.2, 0.25) is 0 Å². The van der Waals surface area contributed by atoms with Gasteiger partial charge in [-0.25, -0.2) is 8.78 Å². The van der Waals surface area contributed by atoms with Crippen LogP contribution in [0.4, 0.5) is 8.78 Å². The summed E-state index contributed by atoms with van der Waals surface area (Å²) in [6, 6.07) is 9.24. The molecule has 0 radical (unpaired) electrons. The van der Waals surface area contributed by atoms with Crippen molar-refractivity contribution in [3.8, 4) is 0 Å². The summed E-state index contributed by atoms with van der Waals surface area (Å²) in [5.41, 5.74) is 2.56. The molecule has 2 nitrogen and oxygen atoms in total. The molecule has 1 heterocycles. The van der Waals surface area contributed by atoms with Crippen molar-refractivity contribution >= 4 is 0 Å². The normalized spacial score (nSPS) is 33.8. The van der Waals surface area contributed by atoms with Crippen molar-refractivity contribution in [2.75, 3.05) is 26.2 Å². The highest BCUT2D eigenvalue weighted by molar-refractivity contribution is 5.33. The number of hydrogen-bond donors (Lipinski definition) is 0. The standard InChI is InChI=1S/C24H36F2N2/c1-17(2)18-8-6-7-9-19(18)20-12-27(10-11-28(20)22(3,4)5)16-23-13-24(14-23,15-23)21(25)26/h6-9,17,20-21H,10-16H2,1-5H3. The Kier molecular flexibility index (Phi) is 4.90. The molecule has 3 aliphatic carbocycles. The summed E-state index contributed by atoms with van der Waals surface area (Å²) in [7, 11) is 0. The SMILES string of the molecule is CC(C)c1ccccc1C1CN(CC23CC(C(F)F)(C2)C3)CCN1C(C)(C)C. The average molecular weight is 391 g/mol. The summed E-state index contributed by atoms with van der Waals surface area (Å²) in [6.07, 6.45) is 0.0944. The smallest absolute Gasteiger partial charge is 0.244 e. The molecule has 28 heavy (non-hydrogen) atoms. The second-order valence-electron chi connectivity index (χ2n) is 11.1. The molecule has 5 rings (SSSR count). The zero-order valence-electron chi connectivity index (χ0n) is 18.1. The minimum absolute atomic E-state index is 0.108. The Morgan fingerprint density at radius 2 is 1.71 bits per heavy atom. The van der Waals surface area contributed by atoms with Gasteiger partial charge in [-0.1, -0.05) is 38.1 Å². The molecule has 0 amide bonds. The summed E-state index contributed by atoms with van der Waals surface area (Å²) in [5.74, 6) is 0.497. The van der Waals surface area contributed by atoms with Gasteiger partial charge < -0.3 is 0 Å². The van der Waals surface area contributed by atoms with E-state index in [1.54, 1.807) is 0 Å². The zero-order valence-corrected chi connectivity index (χ0v) is 18.1. The van der Waals surface area contributed by atoms with Crippen molar-refractivity contribution in [3.05, 3.63) is 35.4 Å². The van der Waals surface area contributed by atoms with Gasteiger partial charge >= 0.3 is 0 Å². The van der Waals surface area contributed by atoms with Gasteiger partial charge in [-0.3, -0.25) is 9.80 Å². The molecule has 1 aromatic rings. The molecule has 1 atom stereocenters. The summed E-state index contributed by atoms with van der Waals surface area (Å²) < 4.78 is 26.4. The summed E-state index contributed by atoms with van der Waals surface area (Å²) in [4.78, 5) is 5.21. The third-order valence-corrected chi connectivity index (χ3v) is 7.51. The number of hydrogen-bond acceptors (Lipinski definition) is 2. The van der Waals surface area contributed by atoms with Crippen molar-refractivity contribution < 1.29 is 8.78 Å². The quantitative estimate of drug-likeness (QED) is 0.636. The van der Waals surface area contributed by atoms with E-state index in [-0.39, 0.29) is 11.0 Å². The molecule has 1 saturated heterocycles. The largest absolute Gasteiger partial charge is 0.300 e. The Morgan fingerprint density at radius 1 is 1.07 bits per heavy atom. The molecule has 0 N–H and O–H groups in total. The first-order valence-corrected chi connectivity index (χ1v) is 10.9. The van der Waals surface area contributed by atoms with E-state index in [1.807, 2.05) is 0 Å². The van der Waals surface area contributed by atoms with E-state index in [1.165, 1.54) is 11.1 Å². The van der Waals surface area contributed by atoms with Gasteiger partial charge in [0, 0.05) is 43.2 Å². The molecule has 1 aliphatic heterocycles. The fourth-order valence-electron chi connectivity index (χ4n) is 6.35. The van der Waals surface area contributed by atoms with Gasteiger partial charge in [0.15, 0.2) is 0 Å². The predicted octanol–water partition coefficient (Wildman–Crippen LogP) is 5.70. The van der Waals surface area contributed by atoms with Crippen molar-refractivity contribution in [2.45, 2.75) is 77.8 Å². The highest BCUT2D eigenvalue weighted by Crippen LogP contribution is 2.75. The lowest BCUT2D eigenvalue weighted by Crippen LogP contribution is -2.69. The first-order chi connectivity index (χ1) is 13.1. The van der Waals surface area contributed by atoms with Gasteiger partial charge in [0.1, 0.15) is 0 Å². The zero-order chi connectivity index (χ0) is 20.3. The average Bonchev–Trinajstić information content (AvgIpc) is 2.55. The molecule has 3 saturated carbocycles. The fraction of sp³-hybridized carbons (Fsp3) is 0.750. The molecular weight excluding hydrogens is 354 g/mol. The summed E-state index contributed by atoms with van der Waals surface area (Å²) >= 11 is 0. The van der Waals surface area contributed by atoms with E-state index in [0.29, 0.717) is 12.0 Å². The second kappa shape index (κ2) is 6.77. The van der Waals surface area contributed by atoms with Crippen LogP contribution in [0.25, 0.3) is 0 Å². The maximum absolute atomic E-state index is 13.2. The minimum atomic E-state index is -2.13. The number of rotatable bonds is 5. The lowest BCUT2D eigenvalue weighted by molar-refractivity contribution is -0.273. The van der Waals surface area contributed by atoms with Crippen LogP contribution in [0.3, 0.4) is 0 Å². The molecule has 4 aliphatic rings. The van der Waals surface area contributed by atoms with E-state index in [9.17, 15) is 8.78 Å². The van der Waals surface area contributed by atoms with Crippen LogP contribution in [0.15, 0.2) is 24.3 Å². The molecule has 0 aromatic heterocycles. The molecule has 1 aromatic carbocycles. The van der Waals surface area contributed by atoms with Gasteiger partial charge in [0.25, 0.3) is 0 Å². The Hall–Kier alpha value is -1.00. The third kappa shape index (κ3) is 3.31. The van der Waals surface area contributed by atoms with Crippen LogP contribution in [-0.4, -0.2) is 47.9 Å². The number of nitrogens with zero attached hydrogens (tertiary/aromatic N) is 2. The van der Waals surface area contributed by atoms with E-state index in [4.69, 9.17) is 0 Å². The molecule has 4 fully saturated rings. The molecule has 4 heteroatoms. The van der Waals surface area contributed by atoms with E-state index in [2.05, 4.69) is 68.7 Å². The third-order valence-electron chi connectivity index (χ3n) is 7.51. The maximum Gasteiger partial charge on any atom is 0.244 e. The highest BCUT2D eigenvalue weighted by Gasteiger charge is 2.71. The fourth-order valence-corrected chi connectivity index (χ4v) is 6.35. The highest BCUT2D eigenvalue weighted by atomic mass is 19.3. The lowest BCUT2D eigenvalue weighted by atomic mass is 9.35. The number of piperazine rings is 1. The number of halogens is 2. The van der Waals surface area contributed by atoms with E-state index >= 15 is 0 Å². The molecular formula is C24H36F2N2. The summed E-state index contributed by atoms with van der Waals surface area (Å²) in [5, 5.41) is 0. The van der Waals surface area contributed by atoms with Crippen LogP contribution in [0.1, 0.15) is 77.0 Å². The minimum Gasteiger partial charge on any atom is -0.300 e. The van der Waals surface area contributed by atoms with Gasteiger partial charge in [0.05, 0.1) is 0 Å². The van der Waals surface area contributed by atoms with Crippen LogP contribution >= 0.6 is 0 Å². The monoisotopic (exact) mass is 390 g/mol. The Labute approximate surface area is 169 Å². The van der Waals surface area contributed by atoms with Crippen LogP contribution in [0, 0.1) is 10.8 Å². The van der Waals surface area contributed by atoms with Crippen molar-refractivity contribution in [1.29, 1.82) is 0 Å². The lowest BCUT2D eigenvalue weighted by Gasteiger charge is -2.71. The Balaban J connectivity index is 1.53.